The Balaban J connectivity index is 2.01. The van der Waals surface area contributed by atoms with Crippen LogP contribution in [0.1, 0.15) is 84.6 Å². The fraction of sp³-hybridized carbons (Fsp3) is 0.696. The van der Waals surface area contributed by atoms with Crippen molar-refractivity contribution in [3.8, 4) is 0 Å². The summed E-state index contributed by atoms with van der Waals surface area (Å²) in [6.07, 6.45) is 4.75. The highest BCUT2D eigenvalue weighted by molar-refractivity contribution is 6.01. The van der Waals surface area contributed by atoms with Crippen LogP contribution in [0.4, 0.5) is 0 Å². The molecule has 3 rings (SSSR count). The van der Waals surface area contributed by atoms with E-state index in [0.717, 1.165) is 18.4 Å². The Morgan fingerprint density at radius 1 is 0.875 bits per heavy atom. The Bertz CT molecular complexity index is 680. The highest BCUT2D eigenvalue weighted by Gasteiger charge is 2.56. The molecular formula is C23H34O. The summed E-state index contributed by atoms with van der Waals surface area (Å²) in [5.41, 5.74) is 8.10. The molecule has 2 fully saturated rings. The Morgan fingerprint density at radius 3 is 1.88 bits per heavy atom. The van der Waals surface area contributed by atoms with Crippen LogP contribution in [0.15, 0.2) is 0 Å². The highest BCUT2D eigenvalue weighted by Crippen LogP contribution is 2.64. The minimum atomic E-state index is 0.217. The van der Waals surface area contributed by atoms with Crippen LogP contribution in [-0.4, -0.2) is 5.78 Å². The molecule has 1 heteroatoms. The van der Waals surface area contributed by atoms with E-state index in [2.05, 4.69) is 55.4 Å². The number of carbonyl (C=O) groups excluding carboxylic acids is 1. The molecule has 3 atom stereocenters. The van der Waals surface area contributed by atoms with E-state index in [9.17, 15) is 4.79 Å². The first kappa shape index (κ1) is 17.7. The number of hydrogen-bond acceptors (Lipinski definition) is 1. The average Bonchev–Trinajstić information content (AvgIpc) is 2.68. The van der Waals surface area contributed by atoms with Crippen LogP contribution in [-0.2, 0) is 0 Å². The van der Waals surface area contributed by atoms with Crippen molar-refractivity contribution in [2.75, 3.05) is 0 Å². The van der Waals surface area contributed by atoms with Crippen molar-refractivity contribution in [2.45, 2.75) is 81.1 Å². The van der Waals surface area contributed by atoms with E-state index in [0.29, 0.717) is 22.5 Å². The zero-order chi connectivity index (χ0) is 18.0. The molecule has 2 aliphatic carbocycles. The van der Waals surface area contributed by atoms with Crippen LogP contribution in [0.5, 0.6) is 0 Å². The van der Waals surface area contributed by atoms with E-state index < -0.39 is 0 Å². The number of hydrogen-bond donors (Lipinski definition) is 0. The molecule has 0 amide bonds. The van der Waals surface area contributed by atoms with E-state index in [1.165, 1.54) is 40.7 Å². The molecule has 0 N–H and O–H groups in total. The van der Waals surface area contributed by atoms with Gasteiger partial charge in [-0.05, 0) is 105 Å². The predicted molar refractivity (Wildman–Crippen MR) is 102 cm³/mol. The third-order valence-corrected chi connectivity index (χ3v) is 8.50. The molecule has 0 unspecified atom stereocenters. The first-order valence-electron chi connectivity index (χ1n) is 9.62. The largest absolute Gasteiger partial charge is 0.294 e. The van der Waals surface area contributed by atoms with Crippen molar-refractivity contribution < 1.29 is 4.79 Å². The van der Waals surface area contributed by atoms with Gasteiger partial charge in [0.2, 0.25) is 0 Å². The van der Waals surface area contributed by atoms with Crippen molar-refractivity contribution in [2.24, 2.45) is 22.7 Å². The van der Waals surface area contributed by atoms with E-state index in [1.54, 1.807) is 0 Å². The molecule has 0 aliphatic heterocycles. The number of benzene rings is 1. The first-order chi connectivity index (χ1) is 11.0. The highest BCUT2D eigenvalue weighted by atomic mass is 16.1. The Hall–Kier alpha value is -1.11. The van der Waals surface area contributed by atoms with E-state index in [4.69, 9.17) is 0 Å². The van der Waals surface area contributed by atoms with Gasteiger partial charge in [0.05, 0.1) is 0 Å². The van der Waals surface area contributed by atoms with Crippen molar-refractivity contribution in [3.63, 3.8) is 0 Å². The normalized spacial score (nSPS) is 31.3. The van der Waals surface area contributed by atoms with Gasteiger partial charge in [0.25, 0.3) is 0 Å². The summed E-state index contributed by atoms with van der Waals surface area (Å²) in [7, 11) is 0. The lowest BCUT2D eigenvalue weighted by atomic mass is 9.55. The Labute approximate surface area is 148 Å². The van der Waals surface area contributed by atoms with E-state index >= 15 is 0 Å². The fourth-order valence-electron chi connectivity index (χ4n) is 5.69. The predicted octanol–water partition coefficient (Wildman–Crippen LogP) is 6.26. The molecule has 2 aliphatic rings. The van der Waals surface area contributed by atoms with Crippen molar-refractivity contribution >= 4 is 5.78 Å². The van der Waals surface area contributed by atoms with Crippen LogP contribution in [0.25, 0.3) is 0 Å². The molecule has 2 bridgehead atoms. The second-order valence-corrected chi connectivity index (χ2v) is 9.52. The lowest BCUT2D eigenvalue weighted by Crippen LogP contribution is -2.43. The third-order valence-electron chi connectivity index (χ3n) is 8.50. The summed E-state index contributed by atoms with van der Waals surface area (Å²) in [6, 6.07) is 0. The van der Waals surface area contributed by atoms with Crippen LogP contribution in [0.3, 0.4) is 0 Å². The minimum absolute atomic E-state index is 0.217. The van der Waals surface area contributed by atoms with Crippen LogP contribution in [0, 0.1) is 57.3 Å². The maximum atomic E-state index is 13.5. The van der Waals surface area contributed by atoms with Gasteiger partial charge in [0.15, 0.2) is 5.78 Å². The molecule has 24 heavy (non-hydrogen) atoms. The monoisotopic (exact) mass is 326 g/mol. The van der Waals surface area contributed by atoms with Gasteiger partial charge < -0.3 is 0 Å². The van der Waals surface area contributed by atoms with Crippen LogP contribution in [0.2, 0.25) is 0 Å². The Morgan fingerprint density at radius 2 is 1.38 bits per heavy atom. The maximum absolute atomic E-state index is 13.5. The molecule has 132 valence electrons. The summed E-state index contributed by atoms with van der Waals surface area (Å²) in [6.45, 7) is 18.1. The van der Waals surface area contributed by atoms with Gasteiger partial charge in [-0.2, -0.15) is 0 Å². The summed E-state index contributed by atoms with van der Waals surface area (Å²) in [5, 5.41) is 0. The number of carbonyl (C=O) groups is 1. The number of rotatable bonds is 2. The van der Waals surface area contributed by atoms with Crippen LogP contribution >= 0.6 is 0 Å². The second kappa shape index (κ2) is 5.44. The van der Waals surface area contributed by atoms with Gasteiger partial charge >= 0.3 is 0 Å². The average molecular weight is 327 g/mol. The van der Waals surface area contributed by atoms with E-state index in [1.807, 2.05) is 0 Å². The number of Topliss-reactive ketones (excluding diaryl/α,β-unsaturated/α-hetero) is 1. The van der Waals surface area contributed by atoms with Gasteiger partial charge in [-0.15, -0.1) is 0 Å². The minimum Gasteiger partial charge on any atom is -0.294 e. The Kier molecular flexibility index (Phi) is 4.02. The quantitative estimate of drug-likeness (QED) is 0.586. The summed E-state index contributed by atoms with van der Waals surface area (Å²) in [4.78, 5) is 13.5. The van der Waals surface area contributed by atoms with E-state index in [-0.39, 0.29) is 5.92 Å². The molecule has 1 aromatic carbocycles. The first-order valence-corrected chi connectivity index (χ1v) is 9.62. The number of ketones is 1. The second-order valence-electron chi connectivity index (χ2n) is 9.52. The van der Waals surface area contributed by atoms with Crippen molar-refractivity contribution in [1.82, 2.24) is 0 Å². The molecular weight excluding hydrogens is 292 g/mol. The van der Waals surface area contributed by atoms with Crippen molar-refractivity contribution in [3.05, 3.63) is 33.4 Å². The molecule has 0 aromatic heterocycles. The smallest absolute Gasteiger partial charge is 0.166 e. The lowest BCUT2D eigenvalue weighted by Gasteiger charge is -2.48. The van der Waals surface area contributed by atoms with Gasteiger partial charge in [0.1, 0.15) is 0 Å². The topological polar surface area (TPSA) is 17.1 Å². The molecule has 1 aromatic rings. The summed E-state index contributed by atoms with van der Waals surface area (Å²) < 4.78 is 0. The zero-order valence-corrected chi connectivity index (χ0v) is 16.9. The van der Waals surface area contributed by atoms with Gasteiger partial charge in [-0.1, -0.05) is 20.8 Å². The molecule has 2 saturated carbocycles. The van der Waals surface area contributed by atoms with Gasteiger partial charge in [-0.25, -0.2) is 0 Å². The zero-order valence-electron chi connectivity index (χ0n) is 16.9. The van der Waals surface area contributed by atoms with Crippen LogP contribution < -0.4 is 0 Å². The summed E-state index contributed by atoms with van der Waals surface area (Å²) >= 11 is 0. The lowest BCUT2D eigenvalue weighted by molar-refractivity contribution is 0.00981. The molecule has 0 saturated heterocycles. The maximum Gasteiger partial charge on any atom is 0.166 e. The molecule has 0 heterocycles. The number of fused-ring (bicyclic) bond motifs is 2. The molecule has 1 nitrogen and oxygen atoms in total. The fourth-order valence-corrected chi connectivity index (χ4v) is 5.69. The summed E-state index contributed by atoms with van der Waals surface area (Å²) in [5.74, 6) is 1.35. The standard InChI is InChI=1S/C23H34O/c1-13-14(2)16(4)20(17(5)15(13)3)21(24)18-11-19-9-10-23(8,12-18)22(19,6)7/h18-19H,9-12H2,1-8H3/t18-,19-,23+/m0/s1. The SMILES string of the molecule is Cc1c(C)c(C)c(C(=O)[C@H]2C[C@@H]3CC[C@](C)(C2)C3(C)C)c(C)c1C. The molecule has 0 spiro atoms. The van der Waals surface area contributed by atoms with Gasteiger partial charge in [0, 0.05) is 11.5 Å². The molecule has 0 radical (unpaired) electrons. The van der Waals surface area contributed by atoms with Gasteiger partial charge in [-0.3, -0.25) is 4.79 Å². The third kappa shape index (κ3) is 2.23. The van der Waals surface area contributed by atoms with Crippen molar-refractivity contribution in [1.29, 1.82) is 0 Å².